The van der Waals surface area contributed by atoms with Crippen LogP contribution in [0.3, 0.4) is 0 Å². The van der Waals surface area contributed by atoms with Gasteiger partial charge in [-0.15, -0.1) is 0 Å². The summed E-state index contributed by atoms with van der Waals surface area (Å²) in [5, 5.41) is 0. The van der Waals surface area contributed by atoms with Crippen molar-refractivity contribution >= 4 is 11.7 Å². The van der Waals surface area contributed by atoms with Crippen LogP contribution in [0.25, 0.3) is 0 Å². The smallest absolute Gasteiger partial charge is 0.223 e. The summed E-state index contributed by atoms with van der Waals surface area (Å²) in [7, 11) is 1.67. The Kier molecular flexibility index (Phi) is 5.54. The highest BCUT2D eigenvalue weighted by molar-refractivity contribution is 5.85. The zero-order chi connectivity index (χ0) is 14.5. The van der Waals surface area contributed by atoms with Crippen molar-refractivity contribution in [3.8, 4) is 0 Å². The first-order chi connectivity index (χ1) is 9.63. The summed E-state index contributed by atoms with van der Waals surface area (Å²) in [5.74, 6) is 0.736. The fourth-order valence-corrected chi connectivity index (χ4v) is 3.16. The predicted molar refractivity (Wildman–Crippen MR) is 74.3 cm³/mol. The summed E-state index contributed by atoms with van der Waals surface area (Å²) in [6.45, 7) is 4.44. The van der Waals surface area contributed by atoms with Crippen molar-refractivity contribution in [2.45, 2.75) is 38.6 Å². The maximum Gasteiger partial charge on any atom is 0.223 e. The molecule has 0 bridgehead atoms. The Labute approximate surface area is 120 Å². The van der Waals surface area contributed by atoms with E-state index < -0.39 is 0 Å². The van der Waals surface area contributed by atoms with Gasteiger partial charge in [0.25, 0.3) is 0 Å². The van der Waals surface area contributed by atoms with E-state index in [1.807, 2.05) is 11.8 Å². The molecule has 114 valence electrons. The van der Waals surface area contributed by atoms with E-state index in [0.717, 1.165) is 12.8 Å². The van der Waals surface area contributed by atoms with Crippen molar-refractivity contribution in [2.24, 2.45) is 11.8 Å². The maximum atomic E-state index is 12.5. The van der Waals surface area contributed by atoms with Gasteiger partial charge in [0.15, 0.2) is 0 Å². The lowest BCUT2D eigenvalue weighted by Crippen LogP contribution is -2.49. The maximum absolute atomic E-state index is 12.5. The SMILES string of the molecule is COCCC1COCCN1C(=O)CC1CCC(=O)C1C. The number of ketones is 1. The van der Waals surface area contributed by atoms with Crippen molar-refractivity contribution in [3.05, 3.63) is 0 Å². The minimum absolute atomic E-state index is 0.0393. The van der Waals surface area contributed by atoms with E-state index in [9.17, 15) is 9.59 Å². The molecule has 5 heteroatoms. The highest BCUT2D eigenvalue weighted by atomic mass is 16.5. The van der Waals surface area contributed by atoms with Crippen LogP contribution in [-0.2, 0) is 19.1 Å². The van der Waals surface area contributed by atoms with Crippen molar-refractivity contribution < 1.29 is 19.1 Å². The van der Waals surface area contributed by atoms with Crippen LogP contribution >= 0.6 is 0 Å². The molecule has 1 saturated heterocycles. The first kappa shape index (κ1) is 15.4. The Balaban J connectivity index is 1.90. The molecule has 0 aromatic carbocycles. The first-order valence-corrected chi connectivity index (χ1v) is 7.52. The molecule has 1 aliphatic carbocycles. The van der Waals surface area contributed by atoms with Gasteiger partial charge >= 0.3 is 0 Å². The zero-order valence-electron chi connectivity index (χ0n) is 12.5. The molecule has 2 aliphatic rings. The molecule has 20 heavy (non-hydrogen) atoms. The van der Waals surface area contributed by atoms with Crippen LogP contribution in [0.5, 0.6) is 0 Å². The number of nitrogens with zero attached hydrogens (tertiary/aromatic N) is 1. The van der Waals surface area contributed by atoms with Gasteiger partial charge < -0.3 is 14.4 Å². The number of amides is 1. The first-order valence-electron chi connectivity index (χ1n) is 7.52. The van der Waals surface area contributed by atoms with E-state index in [4.69, 9.17) is 9.47 Å². The second-order valence-electron chi connectivity index (χ2n) is 5.86. The fourth-order valence-electron chi connectivity index (χ4n) is 3.16. The molecule has 2 fully saturated rings. The molecule has 0 radical (unpaired) electrons. The van der Waals surface area contributed by atoms with Crippen LogP contribution in [0.4, 0.5) is 0 Å². The summed E-state index contributed by atoms with van der Waals surface area (Å²) < 4.78 is 10.6. The van der Waals surface area contributed by atoms with Crippen LogP contribution in [0.2, 0.25) is 0 Å². The van der Waals surface area contributed by atoms with Gasteiger partial charge in [-0.2, -0.15) is 0 Å². The second kappa shape index (κ2) is 7.18. The fraction of sp³-hybridized carbons (Fsp3) is 0.867. The van der Waals surface area contributed by atoms with Crippen molar-refractivity contribution in [2.75, 3.05) is 33.5 Å². The Bertz CT molecular complexity index is 358. The van der Waals surface area contributed by atoms with Crippen LogP contribution in [0.15, 0.2) is 0 Å². The van der Waals surface area contributed by atoms with E-state index in [1.165, 1.54) is 0 Å². The van der Waals surface area contributed by atoms with Crippen molar-refractivity contribution in [3.63, 3.8) is 0 Å². The standard InChI is InChI=1S/C15H25NO4/c1-11-12(3-4-14(11)17)9-15(18)16-6-8-20-10-13(16)5-7-19-2/h11-13H,3-10H2,1-2H3. The third-order valence-corrected chi connectivity index (χ3v) is 4.62. The number of carbonyl (C=O) groups is 2. The van der Waals surface area contributed by atoms with Crippen LogP contribution in [0.1, 0.15) is 32.6 Å². The number of Topliss-reactive ketones (excluding diaryl/α,β-unsaturated/α-hetero) is 1. The molecule has 1 heterocycles. The monoisotopic (exact) mass is 283 g/mol. The number of hydrogen-bond acceptors (Lipinski definition) is 4. The van der Waals surface area contributed by atoms with Gasteiger partial charge in [0.2, 0.25) is 5.91 Å². The number of morpholine rings is 1. The van der Waals surface area contributed by atoms with Crippen LogP contribution < -0.4 is 0 Å². The summed E-state index contributed by atoms with van der Waals surface area (Å²) in [6.07, 6.45) is 2.80. The lowest BCUT2D eigenvalue weighted by molar-refractivity contribution is -0.141. The molecule has 5 nitrogen and oxygen atoms in total. The average Bonchev–Trinajstić information content (AvgIpc) is 2.77. The molecule has 2 rings (SSSR count). The minimum atomic E-state index is 0.0393. The van der Waals surface area contributed by atoms with Gasteiger partial charge in [-0.25, -0.2) is 0 Å². The number of carbonyl (C=O) groups excluding carboxylic acids is 2. The lowest BCUT2D eigenvalue weighted by atomic mass is 9.93. The van der Waals surface area contributed by atoms with Gasteiger partial charge in [0.05, 0.1) is 19.3 Å². The number of ether oxygens (including phenoxy) is 2. The summed E-state index contributed by atoms with van der Waals surface area (Å²) in [6, 6.07) is 0.114. The Morgan fingerprint density at radius 3 is 2.95 bits per heavy atom. The molecule has 1 amide bonds. The third-order valence-electron chi connectivity index (χ3n) is 4.62. The quantitative estimate of drug-likeness (QED) is 0.762. The van der Waals surface area contributed by atoms with E-state index in [0.29, 0.717) is 45.0 Å². The van der Waals surface area contributed by atoms with Crippen molar-refractivity contribution in [1.29, 1.82) is 0 Å². The normalized spacial score (nSPS) is 30.8. The molecule has 3 atom stereocenters. The highest BCUT2D eigenvalue weighted by Gasteiger charge is 2.35. The topological polar surface area (TPSA) is 55.8 Å². The summed E-state index contributed by atoms with van der Waals surface area (Å²) >= 11 is 0. The molecule has 3 unspecified atom stereocenters. The lowest BCUT2D eigenvalue weighted by Gasteiger charge is -2.36. The number of rotatable bonds is 5. The largest absolute Gasteiger partial charge is 0.385 e. The molecular weight excluding hydrogens is 258 g/mol. The predicted octanol–water partition coefficient (Wildman–Crippen LogP) is 1.26. The number of hydrogen-bond donors (Lipinski definition) is 0. The van der Waals surface area contributed by atoms with E-state index >= 15 is 0 Å². The Morgan fingerprint density at radius 1 is 1.50 bits per heavy atom. The van der Waals surface area contributed by atoms with E-state index in [2.05, 4.69) is 0 Å². The van der Waals surface area contributed by atoms with Gasteiger partial charge in [0.1, 0.15) is 5.78 Å². The minimum Gasteiger partial charge on any atom is -0.385 e. The highest BCUT2D eigenvalue weighted by Crippen LogP contribution is 2.31. The van der Waals surface area contributed by atoms with E-state index in [-0.39, 0.29) is 23.8 Å². The Morgan fingerprint density at radius 2 is 2.30 bits per heavy atom. The summed E-state index contributed by atoms with van der Waals surface area (Å²) in [4.78, 5) is 26.0. The van der Waals surface area contributed by atoms with Gasteiger partial charge in [0, 0.05) is 39.0 Å². The average molecular weight is 283 g/mol. The number of methoxy groups -OCH3 is 1. The van der Waals surface area contributed by atoms with Crippen LogP contribution in [-0.4, -0.2) is 56.1 Å². The van der Waals surface area contributed by atoms with Gasteiger partial charge in [-0.1, -0.05) is 6.92 Å². The van der Waals surface area contributed by atoms with Gasteiger partial charge in [-0.05, 0) is 18.8 Å². The Hall–Kier alpha value is -0.940. The molecule has 1 saturated carbocycles. The molecular formula is C15H25NO4. The van der Waals surface area contributed by atoms with E-state index in [1.54, 1.807) is 7.11 Å². The molecule has 0 aromatic rings. The zero-order valence-corrected chi connectivity index (χ0v) is 12.5. The third kappa shape index (κ3) is 3.58. The molecule has 0 spiro atoms. The van der Waals surface area contributed by atoms with Crippen molar-refractivity contribution in [1.82, 2.24) is 4.90 Å². The van der Waals surface area contributed by atoms with Crippen LogP contribution in [0, 0.1) is 11.8 Å². The van der Waals surface area contributed by atoms with Gasteiger partial charge in [-0.3, -0.25) is 9.59 Å². The second-order valence-corrected chi connectivity index (χ2v) is 5.86. The molecule has 0 aromatic heterocycles. The molecule has 1 aliphatic heterocycles. The summed E-state index contributed by atoms with van der Waals surface area (Å²) in [5.41, 5.74) is 0. The molecule has 0 N–H and O–H groups in total.